The molecule has 5 heteroatoms. The fourth-order valence-electron chi connectivity index (χ4n) is 3.99. The number of carbonyl (C=O) groups excluding carboxylic acids is 1. The Morgan fingerprint density at radius 2 is 1.88 bits per heavy atom. The zero-order chi connectivity index (χ0) is 17.1. The molecule has 0 radical (unpaired) electrons. The van der Waals surface area contributed by atoms with E-state index in [9.17, 15) is 4.79 Å². The summed E-state index contributed by atoms with van der Waals surface area (Å²) in [4.78, 5) is 17.3. The van der Waals surface area contributed by atoms with E-state index in [2.05, 4.69) is 22.1 Å². The van der Waals surface area contributed by atoms with Gasteiger partial charge in [0.1, 0.15) is 0 Å². The average molecular weight is 338 g/mol. The molecule has 132 valence electrons. The van der Waals surface area contributed by atoms with Crippen LogP contribution in [0.5, 0.6) is 0 Å². The van der Waals surface area contributed by atoms with Crippen molar-refractivity contribution in [1.82, 2.24) is 19.6 Å². The van der Waals surface area contributed by atoms with Gasteiger partial charge in [-0.1, -0.05) is 12.1 Å². The van der Waals surface area contributed by atoms with Crippen LogP contribution in [0.2, 0.25) is 0 Å². The summed E-state index contributed by atoms with van der Waals surface area (Å²) in [5, 5.41) is 4.34. The highest BCUT2D eigenvalue weighted by atomic mass is 16.2. The van der Waals surface area contributed by atoms with Crippen LogP contribution < -0.4 is 0 Å². The lowest BCUT2D eigenvalue weighted by Gasteiger charge is -2.33. The first-order valence-electron chi connectivity index (χ1n) is 9.39. The third kappa shape index (κ3) is 3.76. The minimum Gasteiger partial charge on any atom is -0.337 e. The summed E-state index contributed by atoms with van der Waals surface area (Å²) in [5.41, 5.74) is 2.10. The molecule has 1 aromatic heterocycles. The molecule has 2 aliphatic rings. The molecule has 0 spiro atoms. The van der Waals surface area contributed by atoms with E-state index in [1.165, 1.54) is 31.5 Å². The van der Waals surface area contributed by atoms with Crippen LogP contribution in [-0.4, -0.2) is 51.7 Å². The first-order chi connectivity index (χ1) is 12.3. The standard InChI is InChI=1S/C20H26N4O/c25-20(23-13-3-5-19(16-23)24-14-4-10-21-24)18-8-6-17(7-9-18)15-22-11-1-2-12-22/h4,6-10,14,19H,1-3,5,11-13,15-16H2/t19-/m1/s1. The third-order valence-corrected chi connectivity index (χ3v) is 5.39. The van der Waals surface area contributed by atoms with Crippen molar-refractivity contribution in [3.05, 3.63) is 53.9 Å². The van der Waals surface area contributed by atoms with Crippen LogP contribution in [-0.2, 0) is 6.54 Å². The molecule has 0 bridgehead atoms. The maximum Gasteiger partial charge on any atom is 0.253 e. The fraction of sp³-hybridized carbons (Fsp3) is 0.500. The monoisotopic (exact) mass is 338 g/mol. The SMILES string of the molecule is O=C(c1ccc(CN2CCCC2)cc1)N1CCC[C@@H](n2cccn2)C1. The average Bonchev–Trinajstić information content (AvgIpc) is 3.36. The zero-order valence-corrected chi connectivity index (χ0v) is 14.7. The lowest BCUT2D eigenvalue weighted by molar-refractivity contribution is 0.0673. The minimum atomic E-state index is 0.143. The summed E-state index contributed by atoms with van der Waals surface area (Å²) in [6, 6.07) is 10.4. The number of hydrogen-bond acceptors (Lipinski definition) is 3. The number of carbonyl (C=O) groups is 1. The van der Waals surface area contributed by atoms with Crippen molar-refractivity contribution in [1.29, 1.82) is 0 Å². The molecule has 2 aliphatic heterocycles. The molecule has 25 heavy (non-hydrogen) atoms. The molecule has 5 nitrogen and oxygen atoms in total. The molecule has 3 heterocycles. The third-order valence-electron chi connectivity index (χ3n) is 5.39. The molecule has 4 rings (SSSR count). The lowest BCUT2D eigenvalue weighted by atomic mass is 10.0. The second-order valence-electron chi connectivity index (χ2n) is 7.21. The van der Waals surface area contributed by atoms with Gasteiger partial charge in [-0.25, -0.2) is 0 Å². The number of likely N-dealkylation sites (tertiary alicyclic amines) is 2. The molecule has 1 amide bonds. The number of nitrogens with zero attached hydrogens (tertiary/aromatic N) is 4. The molecule has 2 fully saturated rings. The van der Waals surface area contributed by atoms with Crippen molar-refractivity contribution in [2.75, 3.05) is 26.2 Å². The van der Waals surface area contributed by atoms with E-state index < -0.39 is 0 Å². The van der Waals surface area contributed by atoms with E-state index in [-0.39, 0.29) is 5.91 Å². The maximum absolute atomic E-state index is 12.9. The van der Waals surface area contributed by atoms with E-state index in [0.29, 0.717) is 6.04 Å². The van der Waals surface area contributed by atoms with Gasteiger partial charge in [0.05, 0.1) is 6.04 Å². The number of benzene rings is 1. The van der Waals surface area contributed by atoms with Gasteiger partial charge in [-0.3, -0.25) is 14.4 Å². The van der Waals surface area contributed by atoms with E-state index in [1.54, 1.807) is 6.20 Å². The Hall–Kier alpha value is -2.14. The van der Waals surface area contributed by atoms with Crippen molar-refractivity contribution in [3.63, 3.8) is 0 Å². The van der Waals surface area contributed by atoms with E-state index in [4.69, 9.17) is 0 Å². The molecule has 0 aliphatic carbocycles. The zero-order valence-electron chi connectivity index (χ0n) is 14.7. The van der Waals surface area contributed by atoms with Crippen LogP contribution in [0.15, 0.2) is 42.7 Å². The van der Waals surface area contributed by atoms with Crippen LogP contribution >= 0.6 is 0 Å². The molecule has 2 aromatic rings. The number of hydrogen-bond donors (Lipinski definition) is 0. The highest BCUT2D eigenvalue weighted by molar-refractivity contribution is 5.94. The van der Waals surface area contributed by atoms with Gasteiger partial charge in [0.25, 0.3) is 5.91 Å². The highest BCUT2D eigenvalue weighted by Gasteiger charge is 2.25. The van der Waals surface area contributed by atoms with Crippen LogP contribution in [0, 0.1) is 0 Å². The number of rotatable bonds is 4. The Labute approximate surface area is 149 Å². The van der Waals surface area contributed by atoms with Gasteiger partial charge in [-0.15, -0.1) is 0 Å². The summed E-state index contributed by atoms with van der Waals surface area (Å²) < 4.78 is 1.98. The van der Waals surface area contributed by atoms with Crippen molar-refractivity contribution >= 4 is 5.91 Å². The lowest BCUT2D eigenvalue weighted by Crippen LogP contribution is -2.40. The van der Waals surface area contributed by atoms with E-state index in [0.717, 1.165) is 38.0 Å². The summed E-state index contributed by atoms with van der Waals surface area (Å²) in [5.74, 6) is 0.143. The maximum atomic E-state index is 12.9. The van der Waals surface area contributed by atoms with Crippen molar-refractivity contribution in [3.8, 4) is 0 Å². The molecular weight excluding hydrogens is 312 g/mol. The Bertz CT molecular complexity index is 689. The quantitative estimate of drug-likeness (QED) is 0.861. The normalized spacial score (nSPS) is 21.6. The Kier molecular flexibility index (Phi) is 4.83. The number of amides is 1. The second-order valence-corrected chi connectivity index (χ2v) is 7.21. The Morgan fingerprint density at radius 3 is 2.60 bits per heavy atom. The smallest absolute Gasteiger partial charge is 0.253 e. The molecule has 0 unspecified atom stereocenters. The molecule has 1 aromatic carbocycles. The molecule has 0 N–H and O–H groups in total. The van der Waals surface area contributed by atoms with Crippen molar-refractivity contribution in [2.45, 2.75) is 38.3 Å². The van der Waals surface area contributed by atoms with Crippen LogP contribution in [0.25, 0.3) is 0 Å². The van der Waals surface area contributed by atoms with Crippen molar-refractivity contribution in [2.24, 2.45) is 0 Å². The Balaban J connectivity index is 1.39. The van der Waals surface area contributed by atoms with Gasteiger partial charge < -0.3 is 4.90 Å². The number of piperidine rings is 1. The fourth-order valence-corrected chi connectivity index (χ4v) is 3.99. The minimum absolute atomic E-state index is 0.143. The van der Waals surface area contributed by atoms with E-state index >= 15 is 0 Å². The topological polar surface area (TPSA) is 41.4 Å². The van der Waals surface area contributed by atoms with E-state index in [1.807, 2.05) is 34.0 Å². The number of aromatic nitrogens is 2. The van der Waals surface area contributed by atoms with Gasteiger partial charge in [0.2, 0.25) is 0 Å². The van der Waals surface area contributed by atoms with Crippen LogP contribution in [0.3, 0.4) is 0 Å². The van der Waals surface area contributed by atoms with Crippen LogP contribution in [0.1, 0.15) is 47.6 Å². The molecule has 1 atom stereocenters. The van der Waals surface area contributed by atoms with Gasteiger partial charge in [-0.2, -0.15) is 5.10 Å². The van der Waals surface area contributed by atoms with Gasteiger partial charge in [-0.05, 0) is 62.5 Å². The van der Waals surface area contributed by atoms with Gasteiger partial charge in [0.15, 0.2) is 0 Å². The summed E-state index contributed by atoms with van der Waals surface area (Å²) in [6.45, 7) is 4.98. The van der Waals surface area contributed by atoms with Crippen LogP contribution in [0.4, 0.5) is 0 Å². The highest BCUT2D eigenvalue weighted by Crippen LogP contribution is 2.22. The molecule has 0 saturated carbocycles. The first-order valence-corrected chi connectivity index (χ1v) is 9.39. The second kappa shape index (κ2) is 7.40. The molecule has 2 saturated heterocycles. The largest absolute Gasteiger partial charge is 0.337 e. The summed E-state index contributed by atoms with van der Waals surface area (Å²) in [6.07, 6.45) is 8.53. The first kappa shape index (κ1) is 16.3. The molecular formula is C20H26N4O. The summed E-state index contributed by atoms with van der Waals surface area (Å²) >= 11 is 0. The predicted molar refractivity (Wildman–Crippen MR) is 97.4 cm³/mol. The van der Waals surface area contributed by atoms with Gasteiger partial charge in [0, 0.05) is 37.6 Å². The Morgan fingerprint density at radius 1 is 1.08 bits per heavy atom. The van der Waals surface area contributed by atoms with Crippen molar-refractivity contribution < 1.29 is 4.79 Å². The predicted octanol–water partition coefficient (Wildman–Crippen LogP) is 2.96. The van der Waals surface area contributed by atoms with Gasteiger partial charge >= 0.3 is 0 Å². The summed E-state index contributed by atoms with van der Waals surface area (Å²) in [7, 11) is 0.